The van der Waals surface area contributed by atoms with Gasteiger partial charge in [-0.05, 0) is 55.3 Å². The minimum atomic E-state index is -0.0422. The normalized spacial score (nSPS) is 14.4. The van der Waals surface area contributed by atoms with Crippen LogP contribution < -0.4 is 0 Å². The van der Waals surface area contributed by atoms with Crippen LogP contribution in [0.4, 0.5) is 0 Å². The first-order chi connectivity index (χ1) is 15.4. The molecule has 8 heteroatoms. The Kier molecular flexibility index (Phi) is 5.93. The van der Waals surface area contributed by atoms with Crippen molar-refractivity contribution in [3.8, 4) is 28.9 Å². The Morgan fingerprint density at radius 2 is 1.81 bits per heavy atom. The summed E-state index contributed by atoms with van der Waals surface area (Å²) in [6.07, 6.45) is 3.11. The summed E-state index contributed by atoms with van der Waals surface area (Å²) in [4.78, 5) is 21.3. The van der Waals surface area contributed by atoms with Gasteiger partial charge in [0.1, 0.15) is 0 Å². The monoisotopic (exact) mass is 430 g/mol. The van der Waals surface area contributed by atoms with E-state index in [1.165, 1.54) is 10.9 Å². The number of amides is 1. The lowest BCUT2D eigenvalue weighted by Crippen LogP contribution is -2.48. The minimum Gasteiger partial charge on any atom is -0.493 e. The average molecular weight is 431 g/mol. The van der Waals surface area contributed by atoms with E-state index in [0.717, 1.165) is 36.3 Å². The molecule has 1 fully saturated rings. The molecule has 1 amide bonds. The molecule has 8 nitrogen and oxygen atoms in total. The Labute approximate surface area is 187 Å². The van der Waals surface area contributed by atoms with Crippen LogP contribution in [-0.4, -0.2) is 68.3 Å². The van der Waals surface area contributed by atoms with E-state index in [0.29, 0.717) is 35.6 Å². The summed E-state index contributed by atoms with van der Waals surface area (Å²) < 4.78 is 1.34. The van der Waals surface area contributed by atoms with Crippen molar-refractivity contribution in [1.82, 2.24) is 24.6 Å². The second-order valence-corrected chi connectivity index (χ2v) is 7.95. The Morgan fingerprint density at radius 3 is 2.44 bits per heavy atom. The summed E-state index contributed by atoms with van der Waals surface area (Å²) in [5, 5.41) is 24.3. The maximum absolute atomic E-state index is 12.8. The van der Waals surface area contributed by atoms with E-state index in [1.807, 2.05) is 24.8 Å². The second kappa shape index (κ2) is 8.81. The van der Waals surface area contributed by atoms with Gasteiger partial charge in [-0.3, -0.25) is 4.79 Å². The van der Waals surface area contributed by atoms with Crippen LogP contribution >= 0.6 is 0 Å². The molecular formula is C24H26N6O2. The Balaban J connectivity index is 1.56. The number of aromatic nitrogens is 3. The predicted octanol–water partition coefficient (Wildman–Crippen LogP) is 2.91. The number of pyridine rings is 1. The Hall–Kier alpha value is -3.70. The molecule has 32 heavy (non-hydrogen) atoms. The maximum Gasteiger partial charge on any atom is 0.255 e. The Bertz CT molecular complexity index is 1180. The maximum atomic E-state index is 12.8. The van der Waals surface area contributed by atoms with Crippen LogP contribution in [0.1, 0.15) is 34.0 Å². The molecule has 0 spiro atoms. The molecule has 1 saturated heterocycles. The molecule has 1 aromatic carbocycles. The fourth-order valence-electron chi connectivity index (χ4n) is 4.02. The summed E-state index contributed by atoms with van der Waals surface area (Å²) in [7, 11) is 0. The summed E-state index contributed by atoms with van der Waals surface area (Å²) in [5.41, 5.74) is 4.28. The molecule has 164 valence electrons. The molecule has 1 N–H and O–H groups in total. The molecule has 4 rings (SSSR count). The molecule has 0 saturated carbocycles. The number of likely N-dealkylation sites (N-methyl/N-ethyl adjacent to an activating group) is 1. The topological polar surface area (TPSA) is 98.3 Å². The zero-order valence-corrected chi connectivity index (χ0v) is 18.5. The highest BCUT2D eigenvalue weighted by Gasteiger charge is 2.22. The van der Waals surface area contributed by atoms with Gasteiger partial charge in [0.15, 0.2) is 5.82 Å². The molecular weight excluding hydrogens is 404 g/mol. The average Bonchev–Trinajstić information content (AvgIpc) is 3.21. The number of carbonyl (C=O) groups is 1. The number of piperazine rings is 1. The van der Waals surface area contributed by atoms with Gasteiger partial charge >= 0.3 is 0 Å². The van der Waals surface area contributed by atoms with E-state index in [2.05, 4.69) is 28.0 Å². The van der Waals surface area contributed by atoms with Gasteiger partial charge in [-0.2, -0.15) is 15.0 Å². The van der Waals surface area contributed by atoms with Crippen LogP contribution in [-0.2, 0) is 0 Å². The van der Waals surface area contributed by atoms with Crippen molar-refractivity contribution >= 4 is 5.91 Å². The van der Waals surface area contributed by atoms with Crippen molar-refractivity contribution in [1.29, 1.82) is 5.26 Å². The third-order valence-corrected chi connectivity index (χ3v) is 6.26. The smallest absolute Gasteiger partial charge is 0.255 e. The van der Waals surface area contributed by atoms with Gasteiger partial charge in [0.25, 0.3) is 5.91 Å². The molecule has 1 aliphatic rings. The van der Waals surface area contributed by atoms with Crippen LogP contribution in [0, 0.1) is 25.2 Å². The Morgan fingerprint density at radius 1 is 1.06 bits per heavy atom. The first-order valence-corrected chi connectivity index (χ1v) is 10.7. The van der Waals surface area contributed by atoms with E-state index >= 15 is 0 Å². The fourth-order valence-corrected chi connectivity index (χ4v) is 4.02. The SMILES string of the molecule is CCN1CCN(C(=O)c2ccc(-n3ncc(-c4ccc(C#N)c(C)c4C)c3O)nc2)CC1. The standard InChI is InChI=1S/C24H26N6O2/c1-4-28-9-11-29(12-10-28)23(31)19-6-8-22(26-14-19)30-24(32)21(15-27-30)20-7-5-18(13-25)16(2)17(20)3/h5-8,14-15,32H,4,9-12H2,1-3H3. The fraction of sp³-hybridized carbons (Fsp3) is 0.333. The van der Waals surface area contributed by atoms with Crippen molar-refractivity contribution in [3.05, 3.63) is 58.9 Å². The summed E-state index contributed by atoms with van der Waals surface area (Å²) in [5.74, 6) is 0.345. The van der Waals surface area contributed by atoms with Crippen LogP contribution in [0.3, 0.4) is 0 Å². The molecule has 0 aliphatic carbocycles. The number of nitriles is 1. The van der Waals surface area contributed by atoms with Crippen LogP contribution in [0.2, 0.25) is 0 Å². The van der Waals surface area contributed by atoms with E-state index < -0.39 is 0 Å². The predicted molar refractivity (Wildman–Crippen MR) is 121 cm³/mol. The lowest BCUT2D eigenvalue weighted by Gasteiger charge is -2.34. The molecule has 2 aromatic heterocycles. The van der Waals surface area contributed by atoms with Crippen molar-refractivity contribution in [2.24, 2.45) is 0 Å². The lowest BCUT2D eigenvalue weighted by molar-refractivity contribution is 0.0643. The van der Waals surface area contributed by atoms with E-state index in [4.69, 9.17) is 0 Å². The van der Waals surface area contributed by atoms with E-state index in [9.17, 15) is 15.2 Å². The summed E-state index contributed by atoms with van der Waals surface area (Å²) >= 11 is 0. The van der Waals surface area contributed by atoms with Gasteiger partial charge in [0.05, 0.1) is 29.0 Å². The third-order valence-electron chi connectivity index (χ3n) is 6.26. The number of benzene rings is 1. The number of hydrogen-bond donors (Lipinski definition) is 1. The highest BCUT2D eigenvalue weighted by molar-refractivity contribution is 5.94. The largest absolute Gasteiger partial charge is 0.493 e. The van der Waals surface area contributed by atoms with Gasteiger partial charge in [0.2, 0.25) is 5.88 Å². The molecule has 0 radical (unpaired) electrons. The highest BCUT2D eigenvalue weighted by Crippen LogP contribution is 2.34. The van der Waals surface area contributed by atoms with Crippen LogP contribution in [0.5, 0.6) is 5.88 Å². The van der Waals surface area contributed by atoms with Crippen LogP contribution in [0.25, 0.3) is 16.9 Å². The zero-order chi connectivity index (χ0) is 22.8. The van der Waals surface area contributed by atoms with Gasteiger partial charge in [0, 0.05) is 32.4 Å². The first kappa shape index (κ1) is 21.5. The number of nitrogens with zero attached hydrogens (tertiary/aromatic N) is 6. The molecule has 1 aliphatic heterocycles. The molecule has 3 heterocycles. The zero-order valence-electron chi connectivity index (χ0n) is 18.5. The molecule has 0 bridgehead atoms. The van der Waals surface area contributed by atoms with Crippen molar-refractivity contribution in [2.45, 2.75) is 20.8 Å². The lowest BCUT2D eigenvalue weighted by atomic mass is 9.95. The van der Waals surface area contributed by atoms with Gasteiger partial charge in [-0.1, -0.05) is 13.0 Å². The minimum absolute atomic E-state index is 0.0335. The number of hydrogen-bond acceptors (Lipinski definition) is 6. The number of aromatic hydroxyl groups is 1. The van der Waals surface area contributed by atoms with E-state index in [-0.39, 0.29) is 11.8 Å². The van der Waals surface area contributed by atoms with Gasteiger partial charge in [-0.25, -0.2) is 4.98 Å². The number of carbonyl (C=O) groups excluding carboxylic acids is 1. The molecule has 0 unspecified atom stereocenters. The summed E-state index contributed by atoms with van der Waals surface area (Å²) in [6.45, 7) is 10.1. The van der Waals surface area contributed by atoms with Crippen LogP contribution in [0.15, 0.2) is 36.7 Å². The molecule has 3 aromatic rings. The highest BCUT2D eigenvalue weighted by atomic mass is 16.3. The third kappa shape index (κ3) is 3.83. The quantitative estimate of drug-likeness (QED) is 0.683. The summed E-state index contributed by atoms with van der Waals surface area (Å²) in [6, 6.07) is 9.14. The van der Waals surface area contributed by atoms with Crippen molar-refractivity contribution < 1.29 is 9.90 Å². The molecule has 0 atom stereocenters. The van der Waals surface area contributed by atoms with E-state index in [1.54, 1.807) is 24.4 Å². The first-order valence-electron chi connectivity index (χ1n) is 10.7. The second-order valence-electron chi connectivity index (χ2n) is 7.95. The van der Waals surface area contributed by atoms with Gasteiger partial charge in [-0.15, -0.1) is 0 Å². The van der Waals surface area contributed by atoms with Gasteiger partial charge < -0.3 is 14.9 Å². The van der Waals surface area contributed by atoms with Crippen molar-refractivity contribution in [2.75, 3.05) is 32.7 Å². The van der Waals surface area contributed by atoms with Crippen molar-refractivity contribution in [3.63, 3.8) is 0 Å². The number of rotatable bonds is 4.